The maximum atomic E-state index is 5.53. The highest BCUT2D eigenvalue weighted by Crippen LogP contribution is 2.22. The molecule has 1 aliphatic heterocycles. The van der Waals surface area contributed by atoms with Gasteiger partial charge in [0.2, 0.25) is 5.90 Å². The smallest absolute Gasteiger partial charge is 0.208 e. The molecule has 0 amide bonds. The lowest BCUT2D eigenvalue weighted by atomic mass is 10.1. The maximum absolute atomic E-state index is 5.53. The van der Waals surface area contributed by atoms with Crippen LogP contribution in [0.3, 0.4) is 0 Å². The van der Waals surface area contributed by atoms with Gasteiger partial charge in [0.05, 0.1) is 6.54 Å². The quantitative estimate of drug-likeness (QED) is 0.672. The van der Waals surface area contributed by atoms with Gasteiger partial charge in [-0.3, -0.25) is 0 Å². The highest BCUT2D eigenvalue weighted by atomic mass is 16.5. The molecule has 2 heteroatoms. The Morgan fingerprint density at radius 3 is 2.77 bits per heavy atom. The molecule has 1 atom stereocenters. The maximum Gasteiger partial charge on any atom is 0.208 e. The highest BCUT2D eigenvalue weighted by Gasteiger charge is 2.18. The fourth-order valence-corrected chi connectivity index (χ4v) is 1.35. The van der Waals surface area contributed by atoms with Crippen molar-refractivity contribution in [3.05, 3.63) is 48.6 Å². The van der Waals surface area contributed by atoms with Crippen molar-refractivity contribution in [3.8, 4) is 0 Å². The van der Waals surface area contributed by atoms with Gasteiger partial charge in [-0.05, 0) is 11.6 Å². The summed E-state index contributed by atoms with van der Waals surface area (Å²) in [6, 6.07) is 10.1. The molecule has 0 saturated heterocycles. The molecule has 0 N–H and O–H groups in total. The third-order valence-electron chi connectivity index (χ3n) is 2.02. The van der Waals surface area contributed by atoms with Crippen LogP contribution in [0.1, 0.15) is 11.7 Å². The molecule has 1 heterocycles. The number of hydrogen-bond donors (Lipinski definition) is 0. The molecule has 0 saturated carbocycles. The van der Waals surface area contributed by atoms with Crippen molar-refractivity contribution in [2.45, 2.75) is 6.10 Å². The van der Waals surface area contributed by atoms with E-state index in [1.54, 1.807) is 6.08 Å². The zero-order valence-corrected chi connectivity index (χ0v) is 7.31. The lowest BCUT2D eigenvalue weighted by Gasteiger charge is -2.09. The van der Waals surface area contributed by atoms with E-state index in [9.17, 15) is 0 Å². The van der Waals surface area contributed by atoms with Crippen LogP contribution in [0.5, 0.6) is 0 Å². The number of nitrogens with zero attached hydrogens (tertiary/aromatic N) is 1. The van der Waals surface area contributed by atoms with E-state index in [0.29, 0.717) is 12.4 Å². The molecule has 0 spiro atoms. The predicted molar refractivity (Wildman–Crippen MR) is 52.8 cm³/mol. The number of benzene rings is 1. The second-order valence-corrected chi connectivity index (χ2v) is 2.90. The predicted octanol–water partition coefficient (Wildman–Crippen LogP) is 2.34. The molecule has 1 aliphatic rings. The lowest BCUT2D eigenvalue weighted by Crippen LogP contribution is -2.02. The summed E-state index contributed by atoms with van der Waals surface area (Å²) >= 11 is 0. The van der Waals surface area contributed by atoms with Crippen LogP contribution < -0.4 is 0 Å². The Kier molecular flexibility index (Phi) is 2.13. The average molecular weight is 173 g/mol. The SMILES string of the molecule is C=CC1=NCC(c2ccccc2)O1. The third kappa shape index (κ3) is 1.61. The normalized spacial score (nSPS) is 20.6. The van der Waals surface area contributed by atoms with E-state index in [1.807, 2.05) is 30.3 Å². The summed E-state index contributed by atoms with van der Waals surface area (Å²) in [6.07, 6.45) is 1.72. The van der Waals surface area contributed by atoms with Gasteiger partial charge in [0, 0.05) is 0 Å². The molecule has 0 aliphatic carbocycles. The van der Waals surface area contributed by atoms with Crippen molar-refractivity contribution >= 4 is 5.90 Å². The minimum absolute atomic E-state index is 0.0780. The summed E-state index contributed by atoms with van der Waals surface area (Å²) in [5.74, 6) is 0.647. The number of rotatable bonds is 2. The number of aliphatic imine (C=N–C) groups is 1. The van der Waals surface area contributed by atoms with Gasteiger partial charge < -0.3 is 4.74 Å². The van der Waals surface area contributed by atoms with Gasteiger partial charge in [-0.1, -0.05) is 36.9 Å². The molecule has 1 aromatic carbocycles. The van der Waals surface area contributed by atoms with Crippen molar-refractivity contribution in [3.63, 3.8) is 0 Å². The van der Waals surface area contributed by atoms with Crippen LogP contribution in [0.25, 0.3) is 0 Å². The second-order valence-electron chi connectivity index (χ2n) is 2.90. The van der Waals surface area contributed by atoms with Crippen LogP contribution in [0.2, 0.25) is 0 Å². The Labute approximate surface area is 77.6 Å². The van der Waals surface area contributed by atoms with Crippen molar-refractivity contribution in [1.82, 2.24) is 0 Å². The van der Waals surface area contributed by atoms with Gasteiger partial charge in [-0.15, -0.1) is 0 Å². The second kappa shape index (κ2) is 3.44. The van der Waals surface area contributed by atoms with E-state index in [2.05, 4.69) is 11.6 Å². The zero-order valence-electron chi connectivity index (χ0n) is 7.31. The topological polar surface area (TPSA) is 21.6 Å². The van der Waals surface area contributed by atoms with Gasteiger partial charge in [0.25, 0.3) is 0 Å². The van der Waals surface area contributed by atoms with Crippen molar-refractivity contribution in [2.24, 2.45) is 4.99 Å². The molecule has 2 nitrogen and oxygen atoms in total. The first kappa shape index (κ1) is 8.05. The first-order valence-corrected chi connectivity index (χ1v) is 4.28. The summed E-state index contributed by atoms with van der Waals surface area (Å²) in [6.45, 7) is 4.31. The summed E-state index contributed by atoms with van der Waals surface area (Å²) in [5.41, 5.74) is 1.17. The van der Waals surface area contributed by atoms with Crippen LogP contribution in [0.4, 0.5) is 0 Å². The first-order chi connectivity index (χ1) is 6.40. The van der Waals surface area contributed by atoms with Gasteiger partial charge in [-0.25, -0.2) is 4.99 Å². The van der Waals surface area contributed by atoms with Crippen LogP contribution in [0.15, 0.2) is 48.0 Å². The fraction of sp³-hybridized carbons (Fsp3) is 0.182. The Hall–Kier alpha value is -1.57. The van der Waals surface area contributed by atoms with E-state index < -0.39 is 0 Å². The molecular formula is C11H11NO. The summed E-state index contributed by atoms with van der Waals surface area (Å²) < 4.78 is 5.53. The molecule has 13 heavy (non-hydrogen) atoms. The van der Waals surface area contributed by atoms with Crippen LogP contribution >= 0.6 is 0 Å². The average Bonchev–Trinajstić information content (AvgIpc) is 2.67. The van der Waals surface area contributed by atoms with Gasteiger partial charge in [0.15, 0.2) is 0 Å². The lowest BCUT2D eigenvalue weighted by molar-refractivity contribution is 0.231. The minimum Gasteiger partial charge on any atom is -0.468 e. The Bertz CT molecular complexity index is 329. The Morgan fingerprint density at radius 1 is 1.38 bits per heavy atom. The Morgan fingerprint density at radius 2 is 2.15 bits per heavy atom. The molecule has 0 aromatic heterocycles. The van der Waals surface area contributed by atoms with E-state index >= 15 is 0 Å². The zero-order chi connectivity index (χ0) is 9.10. The molecule has 66 valence electrons. The Balaban J connectivity index is 2.11. The largest absolute Gasteiger partial charge is 0.468 e. The molecule has 2 rings (SSSR count). The van der Waals surface area contributed by atoms with Crippen molar-refractivity contribution in [1.29, 1.82) is 0 Å². The molecular weight excluding hydrogens is 162 g/mol. The molecule has 0 radical (unpaired) electrons. The van der Waals surface area contributed by atoms with Gasteiger partial charge in [0.1, 0.15) is 6.10 Å². The van der Waals surface area contributed by atoms with Gasteiger partial charge in [-0.2, -0.15) is 0 Å². The first-order valence-electron chi connectivity index (χ1n) is 4.28. The van der Waals surface area contributed by atoms with Crippen molar-refractivity contribution in [2.75, 3.05) is 6.54 Å². The summed E-state index contributed by atoms with van der Waals surface area (Å²) in [7, 11) is 0. The van der Waals surface area contributed by atoms with E-state index in [1.165, 1.54) is 5.56 Å². The van der Waals surface area contributed by atoms with Gasteiger partial charge >= 0.3 is 0 Å². The third-order valence-corrected chi connectivity index (χ3v) is 2.02. The minimum atomic E-state index is 0.0780. The van der Waals surface area contributed by atoms with E-state index in [4.69, 9.17) is 4.74 Å². The number of hydrogen-bond acceptors (Lipinski definition) is 2. The number of ether oxygens (including phenoxy) is 1. The van der Waals surface area contributed by atoms with E-state index in [0.717, 1.165) is 0 Å². The van der Waals surface area contributed by atoms with E-state index in [-0.39, 0.29) is 6.10 Å². The molecule has 1 unspecified atom stereocenters. The molecule has 0 bridgehead atoms. The highest BCUT2D eigenvalue weighted by molar-refractivity contribution is 5.88. The van der Waals surface area contributed by atoms with Crippen LogP contribution in [0, 0.1) is 0 Å². The fourth-order valence-electron chi connectivity index (χ4n) is 1.35. The van der Waals surface area contributed by atoms with Crippen molar-refractivity contribution < 1.29 is 4.74 Å². The molecule has 0 fully saturated rings. The monoisotopic (exact) mass is 173 g/mol. The standard InChI is InChI=1S/C11H11NO/c1-2-11-12-8-10(13-11)9-6-4-3-5-7-9/h2-7,10H,1,8H2. The summed E-state index contributed by atoms with van der Waals surface area (Å²) in [4.78, 5) is 4.19. The molecule has 1 aromatic rings. The van der Waals surface area contributed by atoms with Crippen LogP contribution in [-0.2, 0) is 4.74 Å². The van der Waals surface area contributed by atoms with Crippen LogP contribution in [-0.4, -0.2) is 12.4 Å². The summed E-state index contributed by atoms with van der Waals surface area (Å²) in [5, 5.41) is 0.